The zero-order valence-corrected chi connectivity index (χ0v) is 9.22. The SMILES string of the molecule is C#CCC(=O)NC(Cc1ccccc1)C(=O)O. The molecule has 0 radical (unpaired) electrons. The highest BCUT2D eigenvalue weighted by Crippen LogP contribution is 2.03. The highest BCUT2D eigenvalue weighted by molar-refractivity contribution is 5.84. The molecule has 0 aliphatic heterocycles. The largest absolute Gasteiger partial charge is 0.480 e. The first-order chi connectivity index (χ1) is 8.13. The van der Waals surface area contributed by atoms with Crippen molar-refractivity contribution in [2.45, 2.75) is 18.9 Å². The van der Waals surface area contributed by atoms with Crippen LogP contribution in [0.4, 0.5) is 0 Å². The number of amides is 1. The molecule has 0 spiro atoms. The molecule has 1 aromatic carbocycles. The maximum Gasteiger partial charge on any atom is 0.326 e. The Morgan fingerprint density at radius 1 is 1.35 bits per heavy atom. The number of carboxylic acid groups (broad SMARTS) is 1. The Hall–Kier alpha value is -2.28. The summed E-state index contributed by atoms with van der Waals surface area (Å²) in [5, 5.41) is 11.4. The minimum absolute atomic E-state index is 0.113. The van der Waals surface area contributed by atoms with E-state index >= 15 is 0 Å². The Bertz CT molecular complexity index is 434. The van der Waals surface area contributed by atoms with Gasteiger partial charge in [-0.15, -0.1) is 6.42 Å². The average Bonchev–Trinajstić information content (AvgIpc) is 2.29. The van der Waals surface area contributed by atoms with Gasteiger partial charge in [0.15, 0.2) is 0 Å². The molecule has 0 heterocycles. The lowest BCUT2D eigenvalue weighted by molar-refractivity contribution is -0.141. The van der Waals surface area contributed by atoms with Crippen molar-refractivity contribution in [3.63, 3.8) is 0 Å². The summed E-state index contributed by atoms with van der Waals surface area (Å²) in [6, 6.07) is 8.15. The molecule has 17 heavy (non-hydrogen) atoms. The molecule has 1 amide bonds. The Morgan fingerprint density at radius 2 is 2.00 bits per heavy atom. The van der Waals surface area contributed by atoms with Crippen LogP contribution in [-0.4, -0.2) is 23.0 Å². The highest BCUT2D eigenvalue weighted by atomic mass is 16.4. The molecular formula is C13H13NO3. The van der Waals surface area contributed by atoms with Crippen molar-refractivity contribution in [1.82, 2.24) is 5.32 Å². The van der Waals surface area contributed by atoms with Gasteiger partial charge in [0.1, 0.15) is 6.04 Å². The van der Waals surface area contributed by atoms with Gasteiger partial charge in [0.2, 0.25) is 5.91 Å². The molecule has 1 rings (SSSR count). The van der Waals surface area contributed by atoms with E-state index in [0.29, 0.717) is 0 Å². The van der Waals surface area contributed by atoms with Gasteiger partial charge in [-0.05, 0) is 5.56 Å². The van der Waals surface area contributed by atoms with E-state index in [1.807, 2.05) is 30.3 Å². The quantitative estimate of drug-likeness (QED) is 0.737. The van der Waals surface area contributed by atoms with Crippen molar-refractivity contribution in [1.29, 1.82) is 0 Å². The molecule has 4 heteroatoms. The number of hydrogen-bond acceptors (Lipinski definition) is 2. The zero-order chi connectivity index (χ0) is 12.7. The Morgan fingerprint density at radius 3 is 2.53 bits per heavy atom. The van der Waals surface area contributed by atoms with E-state index in [-0.39, 0.29) is 12.8 Å². The topological polar surface area (TPSA) is 66.4 Å². The monoisotopic (exact) mass is 231 g/mol. The molecule has 0 bridgehead atoms. The van der Waals surface area contributed by atoms with Gasteiger partial charge in [-0.2, -0.15) is 0 Å². The maximum absolute atomic E-state index is 11.2. The third-order valence-corrected chi connectivity index (χ3v) is 2.18. The molecule has 0 aromatic heterocycles. The molecule has 2 N–H and O–H groups in total. The van der Waals surface area contributed by atoms with E-state index in [4.69, 9.17) is 11.5 Å². The number of aliphatic carboxylic acids is 1. The van der Waals surface area contributed by atoms with Gasteiger partial charge >= 0.3 is 5.97 Å². The van der Waals surface area contributed by atoms with Crippen LogP contribution in [0.25, 0.3) is 0 Å². The van der Waals surface area contributed by atoms with Crippen molar-refractivity contribution >= 4 is 11.9 Å². The number of rotatable bonds is 5. The molecule has 1 aromatic rings. The predicted molar refractivity (Wildman–Crippen MR) is 63.2 cm³/mol. The van der Waals surface area contributed by atoms with E-state index in [1.165, 1.54) is 0 Å². The lowest BCUT2D eigenvalue weighted by Crippen LogP contribution is -2.42. The van der Waals surface area contributed by atoms with Crippen LogP contribution in [0.2, 0.25) is 0 Å². The van der Waals surface area contributed by atoms with Crippen molar-refractivity contribution in [2.24, 2.45) is 0 Å². The third kappa shape index (κ3) is 4.39. The summed E-state index contributed by atoms with van der Waals surface area (Å²) >= 11 is 0. The van der Waals surface area contributed by atoms with Crippen LogP contribution in [0.15, 0.2) is 30.3 Å². The summed E-state index contributed by atoms with van der Waals surface area (Å²) in [7, 11) is 0. The first-order valence-corrected chi connectivity index (χ1v) is 5.13. The van der Waals surface area contributed by atoms with Gasteiger partial charge in [-0.25, -0.2) is 4.79 Å². The molecule has 0 aliphatic rings. The van der Waals surface area contributed by atoms with Crippen molar-refractivity contribution in [3.05, 3.63) is 35.9 Å². The smallest absolute Gasteiger partial charge is 0.326 e. The molecule has 0 saturated heterocycles. The fourth-order valence-corrected chi connectivity index (χ4v) is 1.39. The maximum atomic E-state index is 11.2. The summed E-state index contributed by atoms with van der Waals surface area (Å²) in [5.74, 6) is 0.652. The summed E-state index contributed by atoms with van der Waals surface area (Å²) in [4.78, 5) is 22.2. The van der Waals surface area contributed by atoms with Crippen LogP contribution in [0.5, 0.6) is 0 Å². The Balaban J connectivity index is 2.65. The van der Waals surface area contributed by atoms with Crippen LogP contribution in [0, 0.1) is 12.3 Å². The number of carbonyl (C=O) groups is 2. The number of benzene rings is 1. The van der Waals surface area contributed by atoms with Crippen LogP contribution < -0.4 is 5.32 Å². The van der Waals surface area contributed by atoms with Gasteiger partial charge in [0.05, 0.1) is 6.42 Å². The van der Waals surface area contributed by atoms with Crippen molar-refractivity contribution in [2.75, 3.05) is 0 Å². The second-order valence-electron chi connectivity index (χ2n) is 3.53. The second kappa shape index (κ2) is 6.33. The predicted octanol–water partition coefficient (Wildman–Crippen LogP) is 0.822. The molecular weight excluding hydrogens is 218 g/mol. The zero-order valence-electron chi connectivity index (χ0n) is 9.22. The first kappa shape index (κ1) is 12.8. The molecule has 0 aliphatic carbocycles. The number of terminal acetylenes is 1. The molecule has 4 nitrogen and oxygen atoms in total. The summed E-state index contributed by atoms with van der Waals surface area (Å²) in [6.45, 7) is 0. The second-order valence-corrected chi connectivity index (χ2v) is 3.53. The number of carbonyl (C=O) groups excluding carboxylic acids is 1. The van der Waals surface area contributed by atoms with Crippen LogP contribution in [-0.2, 0) is 16.0 Å². The normalized spacial score (nSPS) is 11.2. The molecule has 88 valence electrons. The number of nitrogens with one attached hydrogen (secondary N) is 1. The van der Waals surface area contributed by atoms with Crippen LogP contribution >= 0.6 is 0 Å². The van der Waals surface area contributed by atoms with E-state index in [9.17, 15) is 9.59 Å². The van der Waals surface area contributed by atoms with Gasteiger partial charge in [-0.3, -0.25) is 4.79 Å². The van der Waals surface area contributed by atoms with Gasteiger partial charge in [0.25, 0.3) is 0 Å². The lowest BCUT2D eigenvalue weighted by Gasteiger charge is -2.13. The Kier molecular flexibility index (Phi) is 4.77. The standard InChI is InChI=1S/C13H13NO3/c1-2-6-12(15)14-11(13(16)17)9-10-7-4-3-5-8-10/h1,3-5,7-8,11H,6,9H2,(H,14,15)(H,16,17). The first-order valence-electron chi connectivity index (χ1n) is 5.13. The molecule has 1 unspecified atom stereocenters. The van der Waals surface area contributed by atoms with Crippen LogP contribution in [0.3, 0.4) is 0 Å². The average molecular weight is 231 g/mol. The van der Waals surface area contributed by atoms with Crippen LogP contribution in [0.1, 0.15) is 12.0 Å². The molecule has 1 atom stereocenters. The summed E-state index contributed by atoms with van der Waals surface area (Å²) in [6.07, 6.45) is 5.11. The lowest BCUT2D eigenvalue weighted by atomic mass is 10.1. The van der Waals surface area contributed by atoms with Crippen molar-refractivity contribution in [3.8, 4) is 12.3 Å². The van der Waals surface area contributed by atoms with Gasteiger partial charge in [-0.1, -0.05) is 36.3 Å². The van der Waals surface area contributed by atoms with E-state index in [1.54, 1.807) is 0 Å². The molecule has 0 saturated carbocycles. The summed E-state index contributed by atoms with van der Waals surface area (Å²) < 4.78 is 0. The highest BCUT2D eigenvalue weighted by Gasteiger charge is 2.19. The Labute approximate surface area is 99.7 Å². The van der Waals surface area contributed by atoms with E-state index < -0.39 is 17.9 Å². The van der Waals surface area contributed by atoms with E-state index in [2.05, 4.69) is 11.2 Å². The minimum atomic E-state index is -1.07. The van der Waals surface area contributed by atoms with E-state index in [0.717, 1.165) is 5.56 Å². The number of hydrogen-bond donors (Lipinski definition) is 2. The summed E-state index contributed by atoms with van der Waals surface area (Å²) in [5.41, 5.74) is 0.848. The van der Waals surface area contributed by atoms with Crippen molar-refractivity contribution < 1.29 is 14.7 Å². The fourth-order valence-electron chi connectivity index (χ4n) is 1.39. The van der Waals surface area contributed by atoms with Gasteiger partial charge in [0, 0.05) is 6.42 Å². The number of carboxylic acids is 1. The molecule has 0 fully saturated rings. The fraction of sp³-hybridized carbons (Fsp3) is 0.231. The minimum Gasteiger partial charge on any atom is -0.480 e. The third-order valence-electron chi connectivity index (χ3n) is 2.18. The van der Waals surface area contributed by atoms with Gasteiger partial charge < -0.3 is 10.4 Å².